The molecule has 0 bridgehead atoms. The molecule has 0 aromatic heterocycles. The zero-order valence-electron chi connectivity index (χ0n) is 9.60. The maximum absolute atomic E-state index is 5.52. The Kier molecular flexibility index (Phi) is 8.46. The fraction of sp³-hybridized carbons (Fsp3) is 1.00. The Balaban J connectivity index is 3.12. The van der Waals surface area contributed by atoms with Crippen molar-refractivity contribution in [3.63, 3.8) is 0 Å². The van der Waals surface area contributed by atoms with E-state index in [0.29, 0.717) is 5.92 Å². The molecule has 0 heterocycles. The molecule has 2 heteroatoms. The van der Waals surface area contributed by atoms with Crippen molar-refractivity contribution in [3.05, 3.63) is 0 Å². The molecule has 80 valence electrons. The zero-order chi connectivity index (χ0) is 10.1. The molecule has 0 saturated carbocycles. The van der Waals surface area contributed by atoms with Crippen LogP contribution in [0.2, 0.25) is 0 Å². The minimum atomic E-state index is 0.657. The molecular weight excluding hydrogens is 162 g/mol. The molecule has 0 fully saturated rings. The van der Waals surface area contributed by atoms with Crippen molar-refractivity contribution in [1.82, 2.24) is 5.32 Å². The van der Waals surface area contributed by atoms with Gasteiger partial charge >= 0.3 is 0 Å². The largest absolute Gasteiger partial charge is 0.381 e. The van der Waals surface area contributed by atoms with Gasteiger partial charge in [0.2, 0.25) is 0 Å². The van der Waals surface area contributed by atoms with Gasteiger partial charge in [-0.15, -0.1) is 0 Å². The minimum Gasteiger partial charge on any atom is -0.381 e. The second kappa shape index (κ2) is 8.52. The van der Waals surface area contributed by atoms with Gasteiger partial charge in [0.1, 0.15) is 0 Å². The minimum absolute atomic E-state index is 0.657. The maximum Gasteiger partial charge on any atom is 0.0488 e. The molecule has 0 rings (SSSR count). The predicted octanol–water partition coefficient (Wildman–Crippen LogP) is 2.29. The molecule has 0 aromatic carbocycles. The third-order valence-corrected chi connectivity index (χ3v) is 1.95. The van der Waals surface area contributed by atoms with Crippen molar-refractivity contribution >= 4 is 0 Å². The molecule has 1 N–H and O–H groups in total. The van der Waals surface area contributed by atoms with E-state index in [0.717, 1.165) is 32.2 Å². The van der Waals surface area contributed by atoms with Gasteiger partial charge in [-0.1, -0.05) is 27.7 Å². The van der Waals surface area contributed by atoms with Crippen LogP contribution in [-0.2, 0) is 4.74 Å². The van der Waals surface area contributed by atoms with E-state index in [4.69, 9.17) is 4.74 Å². The molecule has 0 spiro atoms. The van der Waals surface area contributed by atoms with Crippen molar-refractivity contribution in [2.75, 3.05) is 26.3 Å². The highest BCUT2D eigenvalue weighted by Crippen LogP contribution is 2.01. The lowest BCUT2D eigenvalue weighted by molar-refractivity contribution is 0.0993. The summed E-state index contributed by atoms with van der Waals surface area (Å²) >= 11 is 0. The monoisotopic (exact) mass is 187 g/mol. The van der Waals surface area contributed by atoms with Gasteiger partial charge in [-0.25, -0.2) is 0 Å². The quantitative estimate of drug-likeness (QED) is 0.589. The summed E-state index contributed by atoms with van der Waals surface area (Å²) in [5.74, 6) is 1.39. The number of rotatable bonds is 8. The fourth-order valence-electron chi connectivity index (χ4n) is 1.10. The highest BCUT2D eigenvalue weighted by Gasteiger charge is 2.01. The number of hydrogen-bond donors (Lipinski definition) is 1. The van der Waals surface area contributed by atoms with E-state index < -0.39 is 0 Å². The summed E-state index contributed by atoms with van der Waals surface area (Å²) in [5.41, 5.74) is 0. The zero-order valence-corrected chi connectivity index (χ0v) is 9.60. The predicted molar refractivity (Wildman–Crippen MR) is 58.0 cm³/mol. The second-order valence-electron chi connectivity index (χ2n) is 4.17. The Labute approximate surface area is 83.1 Å². The summed E-state index contributed by atoms with van der Waals surface area (Å²) in [6, 6.07) is 0. The molecule has 2 nitrogen and oxygen atoms in total. The highest BCUT2D eigenvalue weighted by molar-refractivity contribution is 4.55. The van der Waals surface area contributed by atoms with E-state index in [1.54, 1.807) is 0 Å². The van der Waals surface area contributed by atoms with E-state index in [-0.39, 0.29) is 0 Å². The maximum atomic E-state index is 5.52. The van der Waals surface area contributed by atoms with Gasteiger partial charge in [-0.05, 0) is 31.3 Å². The van der Waals surface area contributed by atoms with Crippen LogP contribution in [0.25, 0.3) is 0 Å². The molecular formula is C11H25NO. The van der Waals surface area contributed by atoms with Crippen LogP contribution >= 0.6 is 0 Å². The molecule has 0 aliphatic heterocycles. The second-order valence-corrected chi connectivity index (χ2v) is 4.17. The van der Waals surface area contributed by atoms with Crippen LogP contribution in [-0.4, -0.2) is 26.3 Å². The molecule has 0 aliphatic carbocycles. The van der Waals surface area contributed by atoms with Gasteiger partial charge in [0.05, 0.1) is 0 Å². The average molecular weight is 187 g/mol. The molecule has 0 amide bonds. The van der Waals surface area contributed by atoms with Gasteiger partial charge in [-0.3, -0.25) is 0 Å². The Morgan fingerprint density at radius 1 is 1.23 bits per heavy atom. The topological polar surface area (TPSA) is 21.3 Å². The van der Waals surface area contributed by atoms with E-state index in [1.165, 1.54) is 6.42 Å². The van der Waals surface area contributed by atoms with Crippen molar-refractivity contribution in [2.45, 2.75) is 34.1 Å². The molecule has 1 unspecified atom stereocenters. The Morgan fingerprint density at radius 3 is 2.46 bits per heavy atom. The normalized spacial score (nSPS) is 13.6. The van der Waals surface area contributed by atoms with E-state index in [2.05, 4.69) is 33.0 Å². The van der Waals surface area contributed by atoms with Crippen molar-refractivity contribution in [3.8, 4) is 0 Å². The molecule has 0 aromatic rings. The summed E-state index contributed by atoms with van der Waals surface area (Å²) in [6.45, 7) is 12.8. The smallest absolute Gasteiger partial charge is 0.0488 e. The third-order valence-electron chi connectivity index (χ3n) is 1.95. The lowest BCUT2D eigenvalue weighted by atomic mass is 10.1. The van der Waals surface area contributed by atoms with Crippen LogP contribution in [0.4, 0.5) is 0 Å². The summed E-state index contributed by atoms with van der Waals surface area (Å²) in [6.07, 6.45) is 1.17. The first-order chi connectivity index (χ1) is 6.16. The number of ether oxygens (including phenoxy) is 1. The fourth-order valence-corrected chi connectivity index (χ4v) is 1.10. The van der Waals surface area contributed by atoms with Gasteiger partial charge in [-0.2, -0.15) is 0 Å². The summed E-state index contributed by atoms with van der Waals surface area (Å²) in [4.78, 5) is 0. The van der Waals surface area contributed by atoms with Crippen LogP contribution in [0, 0.1) is 11.8 Å². The van der Waals surface area contributed by atoms with Crippen LogP contribution in [0.1, 0.15) is 34.1 Å². The van der Waals surface area contributed by atoms with E-state index in [9.17, 15) is 0 Å². The van der Waals surface area contributed by atoms with Gasteiger partial charge in [0.25, 0.3) is 0 Å². The van der Waals surface area contributed by atoms with E-state index in [1.807, 2.05) is 0 Å². The number of nitrogens with one attached hydrogen (secondary N) is 1. The lowest BCUT2D eigenvalue weighted by Crippen LogP contribution is -2.21. The SMILES string of the molecule is CCNCC(C)CCOCC(C)C. The van der Waals surface area contributed by atoms with Crippen molar-refractivity contribution in [1.29, 1.82) is 0 Å². The van der Waals surface area contributed by atoms with Crippen molar-refractivity contribution < 1.29 is 4.74 Å². The average Bonchev–Trinajstić information content (AvgIpc) is 2.08. The number of hydrogen-bond acceptors (Lipinski definition) is 2. The van der Waals surface area contributed by atoms with Crippen LogP contribution in [0.15, 0.2) is 0 Å². The van der Waals surface area contributed by atoms with Crippen LogP contribution in [0.5, 0.6) is 0 Å². The standard InChI is InChI=1S/C11H25NO/c1-5-12-8-11(4)6-7-13-9-10(2)3/h10-12H,5-9H2,1-4H3. The summed E-state index contributed by atoms with van der Waals surface area (Å²) in [7, 11) is 0. The summed E-state index contributed by atoms with van der Waals surface area (Å²) < 4.78 is 5.52. The van der Waals surface area contributed by atoms with Crippen molar-refractivity contribution in [2.24, 2.45) is 11.8 Å². The first kappa shape index (κ1) is 12.9. The molecule has 1 atom stereocenters. The van der Waals surface area contributed by atoms with Gasteiger partial charge in [0.15, 0.2) is 0 Å². The van der Waals surface area contributed by atoms with Gasteiger partial charge in [0, 0.05) is 13.2 Å². The molecule has 13 heavy (non-hydrogen) atoms. The van der Waals surface area contributed by atoms with Crippen LogP contribution in [0.3, 0.4) is 0 Å². The Bertz CT molecular complexity index is 104. The van der Waals surface area contributed by atoms with E-state index >= 15 is 0 Å². The highest BCUT2D eigenvalue weighted by atomic mass is 16.5. The van der Waals surface area contributed by atoms with Crippen LogP contribution < -0.4 is 5.32 Å². The lowest BCUT2D eigenvalue weighted by Gasteiger charge is -2.12. The third kappa shape index (κ3) is 9.84. The Hall–Kier alpha value is -0.0800. The molecule has 0 aliphatic rings. The first-order valence-corrected chi connectivity index (χ1v) is 5.45. The molecule has 0 radical (unpaired) electrons. The van der Waals surface area contributed by atoms with Gasteiger partial charge < -0.3 is 10.1 Å². The summed E-state index contributed by atoms with van der Waals surface area (Å²) in [5, 5.41) is 3.34. The molecule has 0 saturated heterocycles. The first-order valence-electron chi connectivity index (χ1n) is 5.45. The Morgan fingerprint density at radius 2 is 1.92 bits per heavy atom.